The molecule has 2 heterocycles. The van der Waals surface area contributed by atoms with Crippen LogP contribution in [0.15, 0.2) is 36.4 Å². The number of unbranched alkanes of at least 4 members (excludes halogenated alkanes) is 1. The highest BCUT2D eigenvalue weighted by molar-refractivity contribution is 6.35. The minimum atomic E-state index is -0.490. The van der Waals surface area contributed by atoms with Crippen LogP contribution in [0, 0.1) is 0 Å². The molecule has 0 spiro atoms. The summed E-state index contributed by atoms with van der Waals surface area (Å²) < 4.78 is 7.49. The molecule has 31 heavy (non-hydrogen) atoms. The van der Waals surface area contributed by atoms with Crippen LogP contribution in [-0.2, 0) is 17.7 Å². The van der Waals surface area contributed by atoms with Crippen LogP contribution in [0.2, 0.25) is 5.15 Å². The van der Waals surface area contributed by atoms with Crippen LogP contribution in [0.3, 0.4) is 0 Å². The summed E-state index contributed by atoms with van der Waals surface area (Å²) in [4.78, 5) is 21.1. The number of pyridine rings is 1. The van der Waals surface area contributed by atoms with Crippen molar-refractivity contribution in [1.82, 2.24) is 19.9 Å². The van der Waals surface area contributed by atoms with Crippen LogP contribution in [0.4, 0.5) is 4.79 Å². The SMILES string of the molecule is CCCCc1nc2c(Cl)nc3ccccc3c2n1C/C=C/CCNC(=O)OC(C)(C)C. The van der Waals surface area contributed by atoms with E-state index in [-0.39, 0.29) is 0 Å². The number of rotatable bonds is 8. The number of benzene rings is 1. The van der Waals surface area contributed by atoms with Gasteiger partial charge in [0.05, 0.1) is 11.0 Å². The minimum absolute atomic E-state index is 0.392. The van der Waals surface area contributed by atoms with E-state index < -0.39 is 11.7 Å². The van der Waals surface area contributed by atoms with Crippen molar-refractivity contribution >= 4 is 39.6 Å². The molecule has 0 saturated carbocycles. The molecule has 0 radical (unpaired) electrons. The lowest BCUT2D eigenvalue weighted by molar-refractivity contribution is 0.0529. The van der Waals surface area contributed by atoms with Crippen LogP contribution in [0.25, 0.3) is 21.9 Å². The highest BCUT2D eigenvalue weighted by atomic mass is 35.5. The Morgan fingerprint density at radius 3 is 2.74 bits per heavy atom. The molecule has 0 aliphatic rings. The Morgan fingerprint density at radius 1 is 1.23 bits per heavy atom. The van der Waals surface area contributed by atoms with Gasteiger partial charge in [0.1, 0.15) is 16.9 Å². The van der Waals surface area contributed by atoms with Crippen LogP contribution < -0.4 is 5.32 Å². The number of carbonyl (C=O) groups excluding carboxylic acids is 1. The Hall–Kier alpha value is -2.60. The maximum Gasteiger partial charge on any atom is 0.407 e. The van der Waals surface area contributed by atoms with E-state index in [1.54, 1.807) is 0 Å². The van der Waals surface area contributed by atoms with Gasteiger partial charge in [-0.3, -0.25) is 0 Å². The fourth-order valence-corrected chi connectivity index (χ4v) is 3.66. The maximum absolute atomic E-state index is 11.7. The standard InChI is InChI=1S/C24H31ClN4O2/c1-5-6-14-19-28-20-21(17-12-8-9-13-18(17)27-22(20)25)29(19)16-11-7-10-15-26-23(30)31-24(2,3)4/h7-9,11-13H,5-6,10,14-16H2,1-4H3,(H,26,30)/b11-7+. The number of ether oxygens (including phenoxy) is 1. The van der Waals surface area contributed by atoms with E-state index in [9.17, 15) is 4.79 Å². The van der Waals surface area contributed by atoms with Crippen molar-refractivity contribution in [3.63, 3.8) is 0 Å². The van der Waals surface area contributed by atoms with Gasteiger partial charge in [-0.15, -0.1) is 0 Å². The molecule has 3 rings (SSSR count). The number of hydrogen-bond acceptors (Lipinski definition) is 4. The molecule has 6 nitrogen and oxygen atoms in total. The predicted octanol–water partition coefficient (Wildman–Crippen LogP) is 6.05. The number of nitrogens with one attached hydrogen (secondary N) is 1. The molecule has 0 unspecified atom stereocenters. The van der Waals surface area contributed by atoms with Gasteiger partial charge in [0.2, 0.25) is 0 Å². The summed E-state index contributed by atoms with van der Waals surface area (Å²) >= 11 is 6.48. The number of imidazole rings is 1. The average molecular weight is 443 g/mol. The molecule has 1 amide bonds. The Balaban J connectivity index is 1.77. The molecule has 0 aliphatic heterocycles. The van der Waals surface area contributed by atoms with Gasteiger partial charge >= 0.3 is 6.09 Å². The van der Waals surface area contributed by atoms with Crippen molar-refractivity contribution in [2.45, 2.75) is 65.5 Å². The maximum atomic E-state index is 11.7. The molecule has 0 fully saturated rings. The van der Waals surface area contributed by atoms with Gasteiger partial charge < -0.3 is 14.6 Å². The molecule has 7 heteroatoms. The second-order valence-electron chi connectivity index (χ2n) is 8.55. The summed E-state index contributed by atoms with van der Waals surface area (Å²) in [5.74, 6) is 1.02. The molecule has 0 atom stereocenters. The number of hydrogen-bond donors (Lipinski definition) is 1. The number of fused-ring (bicyclic) bond motifs is 3. The third kappa shape index (κ3) is 5.97. The third-order valence-electron chi connectivity index (χ3n) is 4.81. The topological polar surface area (TPSA) is 69.0 Å². The molecule has 2 aromatic heterocycles. The van der Waals surface area contributed by atoms with Crippen molar-refractivity contribution in [1.29, 1.82) is 0 Å². The first-order valence-corrected chi connectivity index (χ1v) is 11.2. The first kappa shape index (κ1) is 23.1. The van der Waals surface area contributed by atoms with Crippen LogP contribution in [0.1, 0.15) is 52.8 Å². The first-order valence-electron chi connectivity index (χ1n) is 10.9. The molecule has 0 bridgehead atoms. The van der Waals surface area contributed by atoms with Crippen LogP contribution in [-0.4, -0.2) is 32.8 Å². The number of allylic oxidation sites excluding steroid dienone is 1. The number of para-hydroxylation sites is 1. The molecule has 3 aromatic rings. The van der Waals surface area contributed by atoms with E-state index in [1.807, 2.05) is 39.0 Å². The highest BCUT2D eigenvalue weighted by Crippen LogP contribution is 2.30. The van der Waals surface area contributed by atoms with Gasteiger partial charge in [0.25, 0.3) is 0 Å². The van der Waals surface area contributed by atoms with E-state index in [0.29, 0.717) is 18.2 Å². The van der Waals surface area contributed by atoms with Gasteiger partial charge in [-0.1, -0.05) is 55.3 Å². The number of aryl methyl sites for hydroxylation is 1. The van der Waals surface area contributed by atoms with E-state index in [1.165, 1.54) is 0 Å². The zero-order valence-electron chi connectivity index (χ0n) is 18.7. The van der Waals surface area contributed by atoms with Crippen molar-refractivity contribution in [2.24, 2.45) is 0 Å². The summed E-state index contributed by atoms with van der Waals surface area (Å²) in [5, 5.41) is 4.27. The van der Waals surface area contributed by atoms with Crippen molar-refractivity contribution in [3.05, 3.63) is 47.4 Å². The number of amides is 1. The summed E-state index contributed by atoms with van der Waals surface area (Å²) in [6.07, 6.45) is 7.56. The number of halogens is 1. The summed E-state index contributed by atoms with van der Waals surface area (Å²) in [6, 6.07) is 8.02. The molecule has 1 N–H and O–H groups in total. The van der Waals surface area contributed by atoms with E-state index in [0.717, 1.165) is 53.4 Å². The Morgan fingerprint density at radius 2 is 2.00 bits per heavy atom. The zero-order valence-corrected chi connectivity index (χ0v) is 19.5. The van der Waals surface area contributed by atoms with Crippen LogP contribution in [0.5, 0.6) is 0 Å². The summed E-state index contributed by atoms with van der Waals surface area (Å²) in [5.41, 5.74) is 2.16. The predicted molar refractivity (Wildman–Crippen MR) is 127 cm³/mol. The van der Waals surface area contributed by atoms with Gasteiger partial charge in [-0.2, -0.15) is 0 Å². The number of nitrogens with zero attached hydrogens (tertiary/aromatic N) is 3. The second kappa shape index (κ2) is 10.1. The molecule has 1 aromatic carbocycles. The highest BCUT2D eigenvalue weighted by Gasteiger charge is 2.17. The fourth-order valence-electron chi connectivity index (χ4n) is 3.44. The second-order valence-corrected chi connectivity index (χ2v) is 8.91. The number of aromatic nitrogens is 3. The van der Waals surface area contributed by atoms with Crippen molar-refractivity contribution in [3.8, 4) is 0 Å². The first-order chi connectivity index (χ1) is 14.8. The third-order valence-corrected chi connectivity index (χ3v) is 5.07. The summed E-state index contributed by atoms with van der Waals surface area (Å²) in [6.45, 7) is 8.94. The Labute approximate surface area is 188 Å². The van der Waals surface area contributed by atoms with Gasteiger partial charge in [-0.25, -0.2) is 14.8 Å². The van der Waals surface area contributed by atoms with Gasteiger partial charge in [0, 0.05) is 24.9 Å². The van der Waals surface area contributed by atoms with Crippen molar-refractivity contribution < 1.29 is 9.53 Å². The number of alkyl carbamates (subject to hydrolysis) is 1. The lowest BCUT2D eigenvalue weighted by Crippen LogP contribution is -2.32. The summed E-state index contributed by atoms with van der Waals surface area (Å²) in [7, 11) is 0. The smallest absolute Gasteiger partial charge is 0.407 e. The molecular formula is C24H31ClN4O2. The monoisotopic (exact) mass is 442 g/mol. The molecule has 166 valence electrons. The Bertz CT molecular complexity index is 1080. The Kier molecular flexibility index (Phi) is 7.55. The van der Waals surface area contributed by atoms with E-state index in [4.69, 9.17) is 21.3 Å². The molecule has 0 aliphatic carbocycles. The van der Waals surface area contributed by atoms with E-state index in [2.05, 4.69) is 40.0 Å². The minimum Gasteiger partial charge on any atom is -0.444 e. The molecular weight excluding hydrogens is 412 g/mol. The van der Waals surface area contributed by atoms with Crippen LogP contribution >= 0.6 is 11.6 Å². The largest absolute Gasteiger partial charge is 0.444 e. The van der Waals surface area contributed by atoms with Gasteiger partial charge in [-0.05, 0) is 39.7 Å². The normalized spacial score (nSPS) is 12.2. The zero-order chi connectivity index (χ0) is 22.4. The lowest BCUT2D eigenvalue weighted by atomic mass is 10.2. The van der Waals surface area contributed by atoms with Crippen molar-refractivity contribution in [2.75, 3.05) is 6.54 Å². The quantitative estimate of drug-likeness (QED) is 0.262. The lowest BCUT2D eigenvalue weighted by Gasteiger charge is -2.19. The number of carbonyl (C=O) groups is 1. The van der Waals surface area contributed by atoms with E-state index >= 15 is 0 Å². The fraction of sp³-hybridized carbons (Fsp3) is 0.458. The average Bonchev–Trinajstić information content (AvgIpc) is 3.07. The van der Waals surface area contributed by atoms with Gasteiger partial charge in [0.15, 0.2) is 5.15 Å². The molecule has 0 saturated heterocycles.